The minimum absolute atomic E-state index is 0.0817. The fraction of sp³-hybridized carbons (Fsp3) is 0.333. The molecule has 0 saturated carbocycles. The number of rotatable bonds is 5. The topological polar surface area (TPSA) is 21.3 Å². The van der Waals surface area contributed by atoms with Gasteiger partial charge in [0, 0.05) is 10.3 Å². The van der Waals surface area contributed by atoms with E-state index in [2.05, 4.69) is 12.2 Å². The van der Waals surface area contributed by atoms with Crippen molar-refractivity contribution in [2.24, 2.45) is 0 Å². The van der Waals surface area contributed by atoms with Crippen LogP contribution in [0.1, 0.15) is 29.0 Å². The van der Waals surface area contributed by atoms with Crippen LogP contribution in [0.25, 0.3) is 0 Å². The van der Waals surface area contributed by atoms with Crippen LogP contribution in [0.4, 0.5) is 4.39 Å². The third kappa shape index (κ3) is 3.14. The summed E-state index contributed by atoms with van der Waals surface area (Å²) in [6.45, 7) is 4.70. The first-order chi connectivity index (χ1) is 9.15. The summed E-state index contributed by atoms with van der Waals surface area (Å²) in [5, 5.41) is 5.41. The van der Waals surface area contributed by atoms with Crippen molar-refractivity contribution in [3.8, 4) is 5.75 Å². The molecule has 2 rings (SSSR count). The molecule has 1 unspecified atom stereocenters. The van der Waals surface area contributed by atoms with E-state index in [1.54, 1.807) is 25.4 Å². The van der Waals surface area contributed by atoms with E-state index in [1.165, 1.54) is 10.9 Å². The maximum atomic E-state index is 13.4. The van der Waals surface area contributed by atoms with Gasteiger partial charge in [0.05, 0.1) is 13.2 Å². The highest BCUT2D eigenvalue weighted by Crippen LogP contribution is 2.31. The first-order valence-electron chi connectivity index (χ1n) is 6.27. The van der Waals surface area contributed by atoms with Crippen LogP contribution >= 0.6 is 11.3 Å². The smallest absolute Gasteiger partial charge is 0.129 e. The molecule has 0 bridgehead atoms. The Bertz CT molecular complexity index is 553. The Hall–Kier alpha value is -1.39. The Morgan fingerprint density at radius 1 is 1.37 bits per heavy atom. The van der Waals surface area contributed by atoms with Gasteiger partial charge in [0.25, 0.3) is 0 Å². The quantitative estimate of drug-likeness (QED) is 0.896. The first kappa shape index (κ1) is 14.0. The number of halogens is 1. The highest BCUT2D eigenvalue weighted by atomic mass is 32.1. The Labute approximate surface area is 117 Å². The number of thiophene rings is 1. The van der Waals surface area contributed by atoms with Crippen molar-refractivity contribution >= 4 is 11.3 Å². The predicted octanol–water partition coefficient (Wildman–Crippen LogP) is 3.90. The molecule has 0 spiro atoms. The van der Waals surface area contributed by atoms with E-state index in [4.69, 9.17) is 4.74 Å². The van der Waals surface area contributed by atoms with Gasteiger partial charge in [0.2, 0.25) is 0 Å². The van der Waals surface area contributed by atoms with E-state index in [0.717, 1.165) is 17.9 Å². The Morgan fingerprint density at radius 3 is 2.74 bits per heavy atom. The maximum Gasteiger partial charge on any atom is 0.129 e. The van der Waals surface area contributed by atoms with Crippen molar-refractivity contribution in [3.63, 3.8) is 0 Å². The number of methoxy groups -OCH3 is 1. The lowest BCUT2D eigenvalue weighted by Gasteiger charge is -2.17. The molecule has 19 heavy (non-hydrogen) atoms. The molecule has 4 heteroatoms. The lowest BCUT2D eigenvalue weighted by atomic mass is 10.0. The lowest BCUT2D eigenvalue weighted by Crippen LogP contribution is -2.21. The molecule has 0 saturated heterocycles. The fourth-order valence-electron chi connectivity index (χ4n) is 2.03. The second kappa shape index (κ2) is 6.17. The number of aryl methyl sites for hydroxylation is 1. The number of benzene rings is 1. The van der Waals surface area contributed by atoms with Gasteiger partial charge in [-0.3, -0.25) is 0 Å². The van der Waals surface area contributed by atoms with Crippen molar-refractivity contribution in [2.75, 3.05) is 13.7 Å². The van der Waals surface area contributed by atoms with Crippen molar-refractivity contribution in [2.45, 2.75) is 19.9 Å². The predicted molar refractivity (Wildman–Crippen MR) is 77.5 cm³/mol. The number of ether oxygens (including phenoxy) is 1. The van der Waals surface area contributed by atoms with Crippen LogP contribution in [0.3, 0.4) is 0 Å². The van der Waals surface area contributed by atoms with Gasteiger partial charge < -0.3 is 10.1 Å². The van der Waals surface area contributed by atoms with E-state index in [0.29, 0.717) is 5.56 Å². The van der Waals surface area contributed by atoms with E-state index in [1.807, 2.05) is 23.6 Å². The van der Waals surface area contributed by atoms with Crippen LogP contribution in [0.2, 0.25) is 0 Å². The summed E-state index contributed by atoms with van der Waals surface area (Å²) >= 11 is 1.65. The molecule has 0 fully saturated rings. The van der Waals surface area contributed by atoms with Crippen LogP contribution in [0.5, 0.6) is 5.75 Å². The van der Waals surface area contributed by atoms with Gasteiger partial charge in [-0.15, -0.1) is 11.3 Å². The molecule has 0 radical (unpaired) electrons. The van der Waals surface area contributed by atoms with E-state index >= 15 is 0 Å². The summed E-state index contributed by atoms with van der Waals surface area (Å²) in [7, 11) is 1.66. The highest BCUT2D eigenvalue weighted by molar-refractivity contribution is 7.10. The van der Waals surface area contributed by atoms with Gasteiger partial charge in [0.1, 0.15) is 11.6 Å². The molecular formula is C15H18FNOS. The molecular weight excluding hydrogens is 261 g/mol. The largest absolute Gasteiger partial charge is 0.496 e. The summed E-state index contributed by atoms with van der Waals surface area (Å²) in [6.07, 6.45) is 0. The van der Waals surface area contributed by atoms with Gasteiger partial charge in [-0.1, -0.05) is 19.1 Å². The summed E-state index contributed by atoms with van der Waals surface area (Å²) in [5.41, 5.74) is 1.74. The molecule has 0 aliphatic heterocycles. The minimum atomic E-state index is -0.164. The monoisotopic (exact) mass is 279 g/mol. The van der Waals surface area contributed by atoms with E-state index in [9.17, 15) is 4.39 Å². The van der Waals surface area contributed by atoms with Crippen molar-refractivity contribution < 1.29 is 9.13 Å². The second-order valence-electron chi connectivity index (χ2n) is 4.39. The highest BCUT2D eigenvalue weighted by Gasteiger charge is 2.16. The molecule has 2 nitrogen and oxygen atoms in total. The Kier molecular flexibility index (Phi) is 4.56. The molecule has 2 aromatic rings. The van der Waals surface area contributed by atoms with Crippen LogP contribution < -0.4 is 10.1 Å². The van der Waals surface area contributed by atoms with E-state index in [-0.39, 0.29) is 11.9 Å². The van der Waals surface area contributed by atoms with E-state index < -0.39 is 0 Å². The SMILES string of the molecule is CCNC(c1ccc(F)c(C)c1)c1cc(OC)cs1. The fourth-order valence-corrected chi connectivity index (χ4v) is 2.98. The summed E-state index contributed by atoms with van der Waals surface area (Å²) in [5.74, 6) is 0.699. The zero-order chi connectivity index (χ0) is 13.8. The van der Waals surface area contributed by atoms with Crippen molar-refractivity contribution in [1.29, 1.82) is 0 Å². The van der Waals surface area contributed by atoms with Crippen LogP contribution in [0, 0.1) is 12.7 Å². The molecule has 102 valence electrons. The van der Waals surface area contributed by atoms with Gasteiger partial charge in [-0.05, 0) is 36.7 Å². The first-order valence-corrected chi connectivity index (χ1v) is 7.15. The van der Waals surface area contributed by atoms with Gasteiger partial charge in [0.15, 0.2) is 0 Å². The van der Waals surface area contributed by atoms with Crippen LogP contribution in [-0.2, 0) is 0 Å². The van der Waals surface area contributed by atoms with Crippen molar-refractivity contribution in [1.82, 2.24) is 5.32 Å². The third-order valence-corrected chi connectivity index (χ3v) is 4.02. The van der Waals surface area contributed by atoms with Crippen molar-refractivity contribution in [3.05, 3.63) is 51.5 Å². The van der Waals surface area contributed by atoms with Gasteiger partial charge in [-0.25, -0.2) is 4.39 Å². The normalized spacial score (nSPS) is 12.4. The standard InChI is InChI=1S/C15H18FNOS/c1-4-17-15(14-8-12(18-3)9-19-14)11-5-6-13(16)10(2)7-11/h5-9,15,17H,4H2,1-3H3. The average Bonchev–Trinajstić information content (AvgIpc) is 2.88. The summed E-state index contributed by atoms with van der Waals surface area (Å²) < 4.78 is 18.6. The zero-order valence-electron chi connectivity index (χ0n) is 11.4. The maximum absolute atomic E-state index is 13.4. The molecule has 1 heterocycles. The van der Waals surface area contributed by atoms with Gasteiger partial charge in [-0.2, -0.15) is 0 Å². The Balaban J connectivity index is 2.35. The minimum Gasteiger partial charge on any atom is -0.496 e. The molecule has 1 aromatic carbocycles. The molecule has 0 amide bonds. The number of hydrogen-bond acceptors (Lipinski definition) is 3. The van der Waals surface area contributed by atoms with Gasteiger partial charge >= 0.3 is 0 Å². The Morgan fingerprint density at radius 2 is 2.16 bits per heavy atom. The second-order valence-corrected chi connectivity index (χ2v) is 5.33. The van der Waals surface area contributed by atoms with Crippen LogP contribution in [0.15, 0.2) is 29.6 Å². The average molecular weight is 279 g/mol. The molecule has 0 aliphatic rings. The molecule has 1 atom stereocenters. The third-order valence-electron chi connectivity index (χ3n) is 3.04. The van der Waals surface area contributed by atoms with Crippen LogP contribution in [-0.4, -0.2) is 13.7 Å². The molecule has 0 aliphatic carbocycles. The summed E-state index contributed by atoms with van der Waals surface area (Å²) in [4.78, 5) is 1.17. The molecule has 1 N–H and O–H groups in total. The number of hydrogen-bond donors (Lipinski definition) is 1. The lowest BCUT2D eigenvalue weighted by molar-refractivity contribution is 0.416. The summed E-state index contributed by atoms with van der Waals surface area (Å²) in [6, 6.07) is 7.37. The number of nitrogens with one attached hydrogen (secondary N) is 1. The zero-order valence-corrected chi connectivity index (χ0v) is 12.2. The molecule has 1 aromatic heterocycles.